The minimum Gasteiger partial charge on any atom is -0.328 e. The summed E-state index contributed by atoms with van der Waals surface area (Å²) in [6, 6.07) is 8.66. The van der Waals surface area contributed by atoms with E-state index in [1.54, 1.807) is 0 Å². The Balaban J connectivity index is 1.85. The van der Waals surface area contributed by atoms with Crippen molar-refractivity contribution >= 4 is 22.5 Å². The van der Waals surface area contributed by atoms with E-state index in [-0.39, 0.29) is 17.5 Å². The van der Waals surface area contributed by atoms with Crippen molar-refractivity contribution in [1.29, 1.82) is 0 Å². The number of fused-ring (bicyclic) bond motifs is 1. The molecule has 1 amide bonds. The summed E-state index contributed by atoms with van der Waals surface area (Å²) in [5, 5.41) is 8.24. The number of nitrogens with one attached hydrogen (secondary N) is 2. The van der Waals surface area contributed by atoms with Crippen LogP contribution in [0.4, 0.5) is 5.69 Å². The zero-order valence-electron chi connectivity index (χ0n) is 12.3. The average Bonchev–Trinajstić information content (AvgIpc) is 2.91. The van der Waals surface area contributed by atoms with Crippen LogP contribution < -0.4 is 10.9 Å². The number of aromatic amines is 1. The van der Waals surface area contributed by atoms with Crippen molar-refractivity contribution in [3.8, 4) is 0 Å². The first-order valence-corrected chi connectivity index (χ1v) is 7.02. The first kappa shape index (κ1) is 14.1. The highest BCUT2D eigenvalue weighted by molar-refractivity contribution is 6.04. The molecule has 0 spiro atoms. The molecule has 0 radical (unpaired) electrons. The monoisotopic (exact) mass is 296 g/mol. The van der Waals surface area contributed by atoms with E-state index in [4.69, 9.17) is 0 Å². The fourth-order valence-corrected chi connectivity index (χ4v) is 2.14. The Morgan fingerprint density at radius 2 is 2.09 bits per heavy atom. The molecule has 2 N–H and O–H groups in total. The van der Waals surface area contributed by atoms with E-state index in [9.17, 15) is 9.59 Å². The first-order valence-electron chi connectivity index (χ1n) is 7.02. The van der Waals surface area contributed by atoms with Crippen LogP contribution in [0.1, 0.15) is 30.2 Å². The molecule has 0 bridgehead atoms. The molecule has 2 heterocycles. The Bertz CT molecular complexity index is 872. The number of hydrogen-bond acceptors (Lipinski definition) is 3. The third-order valence-corrected chi connectivity index (χ3v) is 3.36. The Kier molecular flexibility index (Phi) is 3.50. The van der Waals surface area contributed by atoms with Crippen molar-refractivity contribution in [2.45, 2.75) is 19.9 Å². The van der Waals surface area contributed by atoms with Gasteiger partial charge in [0.05, 0.1) is 11.1 Å². The average molecular weight is 296 g/mol. The number of hydrogen-bond donors (Lipinski definition) is 2. The van der Waals surface area contributed by atoms with Gasteiger partial charge in [0.25, 0.3) is 5.91 Å². The van der Waals surface area contributed by atoms with E-state index in [1.165, 1.54) is 18.3 Å². The Morgan fingerprint density at radius 3 is 2.77 bits per heavy atom. The third kappa shape index (κ3) is 2.76. The van der Waals surface area contributed by atoms with Gasteiger partial charge in [-0.1, -0.05) is 0 Å². The maximum Gasteiger partial charge on any atom is 0.257 e. The molecule has 0 saturated carbocycles. The van der Waals surface area contributed by atoms with Crippen LogP contribution in [0.5, 0.6) is 0 Å². The number of benzene rings is 1. The van der Waals surface area contributed by atoms with E-state index >= 15 is 0 Å². The zero-order chi connectivity index (χ0) is 15.7. The highest BCUT2D eigenvalue weighted by Gasteiger charge is 2.08. The van der Waals surface area contributed by atoms with Gasteiger partial charge in [0.1, 0.15) is 0 Å². The van der Waals surface area contributed by atoms with Gasteiger partial charge in [0.2, 0.25) is 5.56 Å². The van der Waals surface area contributed by atoms with Crippen molar-refractivity contribution < 1.29 is 4.79 Å². The molecule has 0 saturated heterocycles. The second kappa shape index (κ2) is 5.48. The number of pyridine rings is 1. The van der Waals surface area contributed by atoms with Crippen LogP contribution in [0.2, 0.25) is 0 Å². The lowest BCUT2D eigenvalue weighted by Gasteiger charge is -2.04. The van der Waals surface area contributed by atoms with Gasteiger partial charge in [-0.3, -0.25) is 14.3 Å². The molecule has 22 heavy (non-hydrogen) atoms. The number of rotatable bonds is 3. The van der Waals surface area contributed by atoms with Gasteiger partial charge in [-0.2, -0.15) is 5.10 Å². The van der Waals surface area contributed by atoms with Crippen LogP contribution in [0, 0.1) is 0 Å². The van der Waals surface area contributed by atoms with Gasteiger partial charge in [-0.25, -0.2) is 0 Å². The first-order chi connectivity index (χ1) is 10.5. The summed E-state index contributed by atoms with van der Waals surface area (Å²) < 4.78 is 1.89. The van der Waals surface area contributed by atoms with Crippen LogP contribution in [-0.2, 0) is 0 Å². The van der Waals surface area contributed by atoms with Crippen LogP contribution in [0.25, 0.3) is 10.9 Å². The molecule has 0 fully saturated rings. The maximum absolute atomic E-state index is 12.1. The normalized spacial score (nSPS) is 11.0. The fraction of sp³-hybridized carbons (Fsp3) is 0.188. The number of amides is 1. The van der Waals surface area contributed by atoms with Crippen LogP contribution in [-0.4, -0.2) is 20.7 Å². The lowest BCUT2D eigenvalue weighted by atomic mass is 10.2. The second-order valence-electron chi connectivity index (χ2n) is 5.37. The van der Waals surface area contributed by atoms with Crippen LogP contribution in [0.3, 0.4) is 0 Å². The molecule has 1 aromatic carbocycles. The molecule has 6 nitrogen and oxygen atoms in total. The van der Waals surface area contributed by atoms with Gasteiger partial charge in [-0.15, -0.1) is 0 Å². The van der Waals surface area contributed by atoms with E-state index in [2.05, 4.69) is 29.2 Å². The molecule has 112 valence electrons. The summed E-state index contributed by atoms with van der Waals surface area (Å²) in [4.78, 5) is 25.6. The van der Waals surface area contributed by atoms with Crippen molar-refractivity contribution in [2.24, 2.45) is 0 Å². The SMILES string of the molecule is CC(C)n1cc2cc(NC(=O)c3ccc(=O)[nH]c3)ccc2n1. The highest BCUT2D eigenvalue weighted by Crippen LogP contribution is 2.20. The summed E-state index contributed by atoms with van der Waals surface area (Å²) in [5.41, 5.74) is 1.74. The smallest absolute Gasteiger partial charge is 0.257 e. The summed E-state index contributed by atoms with van der Waals surface area (Å²) in [6.45, 7) is 4.12. The molecule has 0 atom stereocenters. The number of aromatic nitrogens is 3. The van der Waals surface area contributed by atoms with Crippen molar-refractivity contribution in [3.63, 3.8) is 0 Å². The third-order valence-electron chi connectivity index (χ3n) is 3.36. The van der Waals surface area contributed by atoms with Crippen LogP contribution >= 0.6 is 0 Å². The topological polar surface area (TPSA) is 79.8 Å². The van der Waals surface area contributed by atoms with Gasteiger partial charge < -0.3 is 10.3 Å². The fourth-order valence-electron chi connectivity index (χ4n) is 2.14. The summed E-state index contributed by atoms with van der Waals surface area (Å²) in [7, 11) is 0. The summed E-state index contributed by atoms with van der Waals surface area (Å²) in [5.74, 6) is -0.271. The lowest BCUT2D eigenvalue weighted by Crippen LogP contribution is -2.14. The van der Waals surface area contributed by atoms with Crippen molar-refractivity contribution in [1.82, 2.24) is 14.8 Å². The molecule has 0 unspecified atom stereocenters. The second-order valence-corrected chi connectivity index (χ2v) is 5.37. The molecule has 2 aromatic heterocycles. The minimum atomic E-state index is -0.271. The van der Waals surface area contributed by atoms with E-state index in [0.717, 1.165) is 10.9 Å². The molecular weight excluding hydrogens is 280 g/mol. The van der Waals surface area contributed by atoms with Crippen molar-refractivity contribution in [3.05, 3.63) is 58.6 Å². The number of H-pyrrole nitrogens is 1. The lowest BCUT2D eigenvalue weighted by molar-refractivity contribution is 0.102. The predicted octanol–water partition coefficient (Wildman–Crippen LogP) is 2.56. The zero-order valence-corrected chi connectivity index (χ0v) is 12.3. The molecule has 6 heteroatoms. The molecule has 0 aliphatic rings. The van der Waals surface area contributed by atoms with E-state index < -0.39 is 0 Å². The molecule has 3 aromatic rings. The highest BCUT2D eigenvalue weighted by atomic mass is 16.1. The molecule has 3 rings (SSSR count). The number of nitrogens with zero attached hydrogens (tertiary/aromatic N) is 2. The summed E-state index contributed by atoms with van der Waals surface area (Å²) >= 11 is 0. The Morgan fingerprint density at radius 1 is 1.27 bits per heavy atom. The largest absolute Gasteiger partial charge is 0.328 e. The molecular formula is C16H16N4O2. The quantitative estimate of drug-likeness (QED) is 0.779. The number of carbonyl (C=O) groups excluding carboxylic acids is 1. The Hall–Kier alpha value is -2.89. The van der Waals surface area contributed by atoms with Gasteiger partial charge in [0.15, 0.2) is 0 Å². The van der Waals surface area contributed by atoms with Gasteiger partial charge in [0, 0.05) is 35.6 Å². The van der Waals surface area contributed by atoms with Crippen LogP contribution in [0.15, 0.2) is 47.5 Å². The standard InChI is InChI=1S/C16H16N4O2/c1-10(2)20-9-12-7-13(4-5-14(12)19-20)18-16(22)11-3-6-15(21)17-8-11/h3-10H,1-2H3,(H,17,21)(H,18,22). The van der Waals surface area contributed by atoms with Gasteiger partial charge in [-0.05, 0) is 38.1 Å². The van der Waals surface area contributed by atoms with Crippen molar-refractivity contribution in [2.75, 3.05) is 5.32 Å². The number of carbonyl (C=O) groups is 1. The number of anilines is 1. The summed E-state index contributed by atoms with van der Waals surface area (Å²) in [6.07, 6.45) is 3.35. The van der Waals surface area contributed by atoms with E-state index in [0.29, 0.717) is 11.3 Å². The predicted molar refractivity (Wildman–Crippen MR) is 85.1 cm³/mol. The Labute approximate surface area is 126 Å². The maximum atomic E-state index is 12.1. The van der Waals surface area contributed by atoms with E-state index in [1.807, 2.05) is 29.1 Å². The molecule has 0 aliphatic heterocycles. The van der Waals surface area contributed by atoms with Gasteiger partial charge >= 0.3 is 0 Å². The minimum absolute atomic E-state index is 0.237. The molecule has 0 aliphatic carbocycles.